The summed E-state index contributed by atoms with van der Waals surface area (Å²) >= 11 is 0. The van der Waals surface area contributed by atoms with Gasteiger partial charge in [-0.05, 0) is 60.4 Å². The highest BCUT2D eigenvalue weighted by Crippen LogP contribution is 2.62. The van der Waals surface area contributed by atoms with Crippen molar-refractivity contribution in [1.29, 1.82) is 0 Å². The van der Waals surface area contributed by atoms with E-state index in [9.17, 15) is 0 Å². The van der Waals surface area contributed by atoms with Crippen LogP contribution in [-0.4, -0.2) is 87.6 Å². The van der Waals surface area contributed by atoms with Crippen molar-refractivity contribution in [2.24, 2.45) is 11.8 Å². The summed E-state index contributed by atoms with van der Waals surface area (Å²) in [5, 5.41) is 0. The lowest BCUT2D eigenvalue weighted by molar-refractivity contribution is -0.171. The summed E-state index contributed by atoms with van der Waals surface area (Å²) < 4.78 is 23.2. The molecule has 0 N–H and O–H groups in total. The first-order valence-corrected chi connectivity index (χ1v) is 17.9. The zero-order chi connectivity index (χ0) is 37.5. The van der Waals surface area contributed by atoms with E-state index in [0.717, 1.165) is 68.0 Å². The van der Waals surface area contributed by atoms with E-state index in [0.29, 0.717) is 0 Å². The van der Waals surface area contributed by atoms with Gasteiger partial charge in [0.2, 0.25) is 0 Å². The molecule has 8 heteroatoms. The quantitative estimate of drug-likeness (QED) is 0.154. The zero-order valence-corrected chi connectivity index (χ0v) is 32.8. The van der Waals surface area contributed by atoms with Crippen LogP contribution in [-0.2, 0) is 0 Å². The van der Waals surface area contributed by atoms with Crippen LogP contribution in [0.25, 0.3) is 22.8 Å². The second-order valence-corrected chi connectivity index (χ2v) is 14.3. The van der Waals surface area contributed by atoms with Gasteiger partial charge in [-0.15, -0.1) is 0 Å². The third-order valence-corrected chi connectivity index (χ3v) is 11.4. The van der Waals surface area contributed by atoms with Crippen molar-refractivity contribution in [1.82, 2.24) is 19.6 Å². The van der Waals surface area contributed by atoms with Crippen molar-refractivity contribution in [3.05, 3.63) is 119 Å². The highest BCUT2D eigenvalue weighted by Gasteiger charge is 2.70. The fourth-order valence-electron chi connectivity index (χ4n) is 9.56. The molecule has 2 aliphatic heterocycles. The highest BCUT2D eigenvalue weighted by molar-refractivity contribution is 5.95. The molecular weight excluding hydrogens is 649 g/mol. The third kappa shape index (κ3) is 5.25. The number of hydrogen-bond acceptors (Lipinski definition) is 8. The van der Waals surface area contributed by atoms with Gasteiger partial charge >= 0.3 is 0 Å². The second kappa shape index (κ2) is 14.1. The molecule has 6 rings (SSSR count). The lowest BCUT2D eigenvalue weighted by atomic mass is 9.72. The summed E-state index contributed by atoms with van der Waals surface area (Å²) in [6.45, 7) is 9.41. The molecule has 0 radical (unpaired) electrons. The van der Waals surface area contributed by atoms with E-state index in [1.807, 2.05) is 24.3 Å². The molecule has 0 bridgehead atoms. The average Bonchev–Trinajstić information content (AvgIpc) is 3.54. The minimum absolute atomic E-state index is 0.106. The van der Waals surface area contributed by atoms with Gasteiger partial charge in [0, 0.05) is 50.4 Å². The van der Waals surface area contributed by atoms with Crippen LogP contribution < -0.4 is 18.9 Å². The number of hydrogen-bond donors (Lipinski definition) is 0. The molecule has 0 saturated carbocycles. The van der Waals surface area contributed by atoms with Crippen molar-refractivity contribution in [2.75, 3.05) is 56.6 Å². The largest absolute Gasteiger partial charge is 0.497 e. The fourth-order valence-corrected chi connectivity index (χ4v) is 9.56. The predicted octanol–water partition coefficient (Wildman–Crippen LogP) is 8.53. The summed E-state index contributed by atoms with van der Waals surface area (Å²) in [6, 6.07) is 33.6. The summed E-state index contributed by atoms with van der Waals surface area (Å²) in [5.74, 6) is 3.45. The number of ether oxygens (including phenoxy) is 4. The molecule has 2 heterocycles. The van der Waals surface area contributed by atoms with E-state index in [1.54, 1.807) is 28.4 Å². The Labute approximate surface area is 310 Å². The Morgan fingerprint density at radius 1 is 0.385 bits per heavy atom. The van der Waals surface area contributed by atoms with Crippen molar-refractivity contribution < 1.29 is 18.9 Å². The molecule has 0 amide bonds. The molecule has 0 unspecified atom stereocenters. The highest BCUT2D eigenvalue weighted by atomic mass is 16.5. The smallest absolute Gasteiger partial charge is 0.158 e. The molecule has 0 saturated heterocycles. The molecule has 2 aliphatic rings. The normalized spacial score (nSPS) is 16.8. The number of rotatable bonds is 11. The summed E-state index contributed by atoms with van der Waals surface area (Å²) in [6.07, 6.45) is 0. The Morgan fingerprint density at radius 2 is 0.596 bits per heavy atom. The van der Waals surface area contributed by atoms with Crippen molar-refractivity contribution >= 4 is 22.8 Å². The van der Waals surface area contributed by atoms with Crippen LogP contribution in [0.15, 0.2) is 97.1 Å². The van der Waals surface area contributed by atoms with Crippen LogP contribution in [0.3, 0.4) is 0 Å². The van der Waals surface area contributed by atoms with E-state index in [2.05, 4.69) is 148 Å². The monoisotopic (exact) mass is 702 g/mol. The van der Waals surface area contributed by atoms with Gasteiger partial charge in [0.15, 0.2) is 11.3 Å². The Bertz CT molecular complexity index is 1730. The van der Waals surface area contributed by atoms with E-state index in [4.69, 9.17) is 18.9 Å². The topological polar surface area (TPSA) is 49.9 Å². The van der Waals surface area contributed by atoms with E-state index in [-0.39, 0.29) is 11.8 Å². The maximum absolute atomic E-state index is 5.79. The van der Waals surface area contributed by atoms with Gasteiger partial charge in [0.1, 0.15) is 23.0 Å². The van der Waals surface area contributed by atoms with Crippen molar-refractivity contribution in [3.8, 4) is 23.0 Å². The van der Waals surface area contributed by atoms with E-state index < -0.39 is 11.3 Å². The number of methoxy groups -OCH3 is 4. The molecule has 274 valence electrons. The minimum Gasteiger partial charge on any atom is -0.497 e. The van der Waals surface area contributed by atoms with E-state index >= 15 is 0 Å². The second-order valence-electron chi connectivity index (χ2n) is 14.3. The molecule has 0 fully saturated rings. The van der Waals surface area contributed by atoms with Gasteiger partial charge in [-0.3, -0.25) is 0 Å². The molecule has 8 nitrogen and oxygen atoms in total. The standard InChI is InChI=1S/C44H54N4O4/c1-29(2)43(45(5)39(31-17-13-21-35(25-31)49-9)40(46(43)6)32-18-14-22-36(26-32)50-10)44(30(3)4)47(7)41(33-19-15-23-37(27-33)51-11)42(48(44)8)34-20-16-24-38(28-34)52-12/h13-30H,1-12H3. The maximum Gasteiger partial charge on any atom is 0.158 e. The third-order valence-electron chi connectivity index (χ3n) is 11.4. The molecule has 4 aromatic carbocycles. The minimum atomic E-state index is -0.647. The molecule has 52 heavy (non-hydrogen) atoms. The molecular formula is C44H54N4O4. The average molecular weight is 703 g/mol. The maximum atomic E-state index is 5.79. The van der Waals surface area contributed by atoms with Crippen molar-refractivity contribution in [2.45, 2.75) is 39.0 Å². The summed E-state index contributed by atoms with van der Waals surface area (Å²) in [7, 11) is 15.9. The summed E-state index contributed by atoms with van der Waals surface area (Å²) in [5.41, 5.74) is 7.46. The van der Waals surface area contributed by atoms with Crippen LogP contribution in [0, 0.1) is 11.8 Å². The molecule has 0 atom stereocenters. The van der Waals surface area contributed by atoms with Gasteiger partial charge in [-0.1, -0.05) is 76.2 Å². The Hall–Kier alpha value is -5.24. The number of likely N-dealkylation sites (N-methyl/N-ethyl adjacent to an activating group) is 4. The zero-order valence-electron chi connectivity index (χ0n) is 32.8. The molecule has 0 spiro atoms. The van der Waals surface area contributed by atoms with Crippen LogP contribution in [0.4, 0.5) is 0 Å². The lowest BCUT2D eigenvalue weighted by Crippen LogP contribution is -2.79. The first-order valence-electron chi connectivity index (χ1n) is 17.9. The lowest BCUT2D eigenvalue weighted by Gasteiger charge is -2.64. The fraction of sp³-hybridized carbons (Fsp3) is 0.364. The first-order chi connectivity index (χ1) is 24.9. The van der Waals surface area contributed by atoms with Crippen LogP contribution in [0.5, 0.6) is 23.0 Å². The Balaban J connectivity index is 1.70. The Kier molecular flexibility index (Phi) is 9.88. The van der Waals surface area contributed by atoms with Crippen LogP contribution >= 0.6 is 0 Å². The van der Waals surface area contributed by atoms with Crippen LogP contribution in [0.2, 0.25) is 0 Å². The molecule has 4 aromatic rings. The molecule has 0 aromatic heterocycles. The SMILES string of the molecule is COc1cccc(C2=C(c3cccc(OC)c3)N(C)C(C(C)C)(C3(C(C)C)N(C)C(c4cccc(OC)c4)=C(c4cccc(OC)c4)N3C)N2C)c1. The van der Waals surface area contributed by atoms with Gasteiger partial charge in [0.25, 0.3) is 0 Å². The Morgan fingerprint density at radius 3 is 0.769 bits per heavy atom. The number of benzene rings is 4. The van der Waals surface area contributed by atoms with Gasteiger partial charge in [0.05, 0.1) is 51.2 Å². The van der Waals surface area contributed by atoms with E-state index in [1.165, 1.54) is 0 Å². The van der Waals surface area contributed by atoms with Gasteiger partial charge in [-0.25, -0.2) is 0 Å². The van der Waals surface area contributed by atoms with Gasteiger partial charge in [-0.2, -0.15) is 0 Å². The first kappa shape index (κ1) is 36.5. The van der Waals surface area contributed by atoms with Gasteiger partial charge < -0.3 is 38.5 Å². The van der Waals surface area contributed by atoms with Crippen LogP contribution in [0.1, 0.15) is 49.9 Å². The summed E-state index contributed by atoms with van der Waals surface area (Å²) in [4.78, 5) is 10.1. The van der Waals surface area contributed by atoms with Crippen molar-refractivity contribution in [3.63, 3.8) is 0 Å². The molecule has 0 aliphatic carbocycles. The predicted molar refractivity (Wildman–Crippen MR) is 212 cm³/mol. The number of nitrogens with zero attached hydrogens (tertiary/aromatic N) is 4.